The molecule has 0 aliphatic rings. The quantitative estimate of drug-likeness (QED) is 0.186. The maximum atomic E-state index is 14.6. The van der Waals surface area contributed by atoms with E-state index in [2.05, 4.69) is 9.80 Å². The molecule has 0 amide bonds. The van der Waals surface area contributed by atoms with Gasteiger partial charge in [0.15, 0.2) is 11.6 Å². The van der Waals surface area contributed by atoms with Gasteiger partial charge in [0.25, 0.3) is 0 Å². The lowest BCUT2D eigenvalue weighted by Crippen LogP contribution is -2.17. The van der Waals surface area contributed by atoms with Gasteiger partial charge in [-0.2, -0.15) is 0 Å². The molecule has 0 bridgehead atoms. The number of rotatable bonds is 8. The predicted octanol–water partition coefficient (Wildman–Crippen LogP) is 10.1. The van der Waals surface area contributed by atoms with Crippen LogP contribution >= 0.6 is 0 Å². The summed E-state index contributed by atoms with van der Waals surface area (Å²) in [6.45, 7) is 0. The zero-order valence-electron chi connectivity index (χ0n) is 23.2. The van der Waals surface area contributed by atoms with E-state index in [-0.39, 0.29) is 0 Å². The summed E-state index contributed by atoms with van der Waals surface area (Å²) in [5.41, 5.74) is 4.93. The van der Waals surface area contributed by atoms with Crippen LogP contribution in [-0.2, 0) is 0 Å². The van der Waals surface area contributed by atoms with Gasteiger partial charge in [-0.15, -0.1) is 0 Å². The third-order valence-corrected chi connectivity index (χ3v) is 7.11. The number of para-hydroxylation sites is 2. The first-order chi connectivity index (χ1) is 20.6. The van der Waals surface area contributed by atoms with Crippen LogP contribution < -0.4 is 19.3 Å². The number of fused-ring (bicyclic) bond motifs is 1. The van der Waals surface area contributed by atoms with Gasteiger partial charge in [-0.3, -0.25) is 0 Å². The Balaban J connectivity index is 1.71. The molecule has 208 valence electrons. The minimum Gasteiger partial charge on any atom is -0.497 e. The van der Waals surface area contributed by atoms with Crippen molar-refractivity contribution in [2.75, 3.05) is 24.0 Å². The van der Waals surface area contributed by atoms with Crippen LogP contribution in [0.1, 0.15) is 0 Å². The first kappa shape index (κ1) is 26.8. The number of anilines is 6. The number of halogens is 2. The Morgan fingerprint density at radius 2 is 0.810 bits per heavy atom. The normalized spacial score (nSPS) is 10.9. The first-order valence-corrected chi connectivity index (χ1v) is 13.5. The molecule has 0 saturated carbocycles. The zero-order chi connectivity index (χ0) is 29.1. The van der Waals surface area contributed by atoms with E-state index in [4.69, 9.17) is 9.47 Å². The van der Waals surface area contributed by atoms with Crippen LogP contribution in [0, 0.1) is 11.6 Å². The van der Waals surface area contributed by atoms with E-state index in [9.17, 15) is 8.78 Å². The summed E-state index contributed by atoms with van der Waals surface area (Å²) < 4.78 is 40.3. The van der Waals surface area contributed by atoms with Crippen molar-refractivity contribution in [3.63, 3.8) is 0 Å². The van der Waals surface area contributed by atoms with Gasteiger partial charge < -0.3 is 19.3 Å². The SMILES string of the molecule is COc1cccc(N(c2ccccc2)c2cc3cc(F)c(F)cc3cc2N(c2ccccc2)c2cccc(OC)c2)c1. The third kappa shape index (κ3) is 5.22. The number of hydrogen-bond acceptors (Lipinski definition) is 4. The highest BCUT2D eigenvalue weighted by molar-refractivity contribution is 6.00. The molecule has 4 nitrogen and oxygen atoms in total. The lowest BCUT2D eigenvalue weighted by molar-refractivity contribution is 0.415. The van der Waals surface area contributed by atoms with Crippen LogP contribution in [0.4, 0.5) is 42.9 Å². The molecule has 0 aliphatic carbocycles. The molecule has 0 fully saturated rings. The highest BCUT2D eigenvalue weighted by Gasteiger charge is 2.24. The smallest absolute Gasteiger partial charge is 0.159 e. The lowest BCUT2D eigenvalue weighted by Gasteiger charge is -2.33. The van der Waals surface area contributed by atoms with Crippen molar-refractivity contribution in [3.8, 4) is 11.5 Å². The molecular weight excluding hydrogens is 530 g/mol. The van der Waals surface area contributed by atoms with E-state index in [1.165, 1.54) is 12.1 Å². The van der Waals surface area contributed by atoms with Crippen molar-refractivity contribution >= 4 is 44.9 Å². The molecule has 0 N–H and O–H groups in total. The van der Waals surface area contributed by atoms with Gasteiger partial charge in [-0.25, -0.2) is 8.78 Å². The second-order valence-electron chi connectivity index (χ2n) is 9.70. The van der Waals surface area contributed by atoms with E-state index in [0.717, 1.165) is 34.1 Å². The molecule has 6 aromatic rings. The van der Waals surface area contributed by atoms with Gasteiger partial charge in [0.1, 0.15) is 11.5 Å². The second-order valence-corrected chi connectivity index (χ2v) is 9.70. The van der Waals surface area contributed by atoms with Crippen molar-refractivity contribution in [1.29, 1.82) is 0 Å². The molecule has 0 saturated heterocycles. The minimum absolute atomic E-state index is 0.565. The van der Waals surface area contributed by atoms with Crippen molar-refractivity contribution in [1.82, 2.24) is 0 Å². The third-order valence-electron chi connectivity index (χ3n) is 7.11. The fourth-order valence-corrected chi connectivity index (χ4v) is 5.14. The Bertz CT molecular complexity index is 1710. The molecule has 0 aliphatic heterocycles. The maximum absolute atomic E-state index is 14.6. The second kappa shape index (κ2) is 11.6. The Morgan fingerprint density at radius 3 is 1.19 bits per heavy atom. The van der Waals surface area contributed by atoms with Crippen LogP contribution in [0.25, 0.3) is 10.8 Å². The van der Waals surface area contributed by atoms with Gasteiger partial charge in [0.2, 0.25) is 0 Å². The molecule has 0 radical (unpaired) electrons. The number of nitrogens with zero attached hydrogens (tertiary/aromatic N) is 2. The molecule has 0 aromatic heterocycles. The summed E-state index contributed by atoms with van der Waals surface area (Å²) in [5.74, 6) is -0.420. The van der Waals surface area contributed by atoms with Crippen LogP contribution in [0.3, 0.4) is 0 Å². The van der Waals surface area contributed by atoms with Crippen LogP contribution in [0.15, 0.2) is 133 Å². The Morgan fingerprint density at radius 1 is 0.429 bits per heavy atom. The Labute approximate surface area is 243 Å². The monoisotopic (exact) mass is 558 g/mol. The van der Waals surface area contributed by atoms with E-state index in [1.807, 2.05) is 121 Å². The summed E-state index contributed by atoms with van der Waals surface area (Å²) in [7, 11) is 3.26. The summed E-state index contributed by atoms with van der Waals surface area (Å²) in [5, 5.41) is 1.13. The molecule has 6 rings (SSSR count). The largest absolute Gasteiger partial charge is 0.497 e. The van der Waals surface area contributed by atoms with Crippen molar-refractivity contribution in [2.24, 2.45) is 0 Å². The van der Waals surface area contributed by atoms with E-state index in [0.29, 0.717) is 22.3 Å². The topological polar surface area (TPSA) is 24.9 Å². The molecule has 0 unspecified atom stereocenters. The van der Waals surface area contributed by atoms with Gasteiger partial charge in [-0.05, 0) is 83.6 Å². The van der Waals surface area contributed by atoms with Crippen molar-refractivity contribution < 1.29 is 18.3 Å². The number of methoxy groups -OCH3 is 2. The summed E-state index contributed by atoms with van der Waals surface area (Å²) in [4.78, 5) is 4.18. The van der Waals surface area contributed by atoms with Crippen LogP contribution in [-0.4, -0.2) is 14.2 Å². The molecule has 0 atom stereocenters. The molecule has 0 heterocycles. The predicted molar refractivity (Wildman–Crippen MR) is 166 cm³/mol. The molecule has 6 aromatic carbocycles. The van der Waals surface area contributed by atoms with E-state index < -0.39 is 11.6 Å². The summed E-state index contributed by atoms with van der Waals surface area (Å²) in [6, 6.07) is 41.6. The number of hydrogen-bond donors (Lipinski definition) is 0. The Kier molecular flexibility index (Phi) is 7.43. The average Bonchev–Trinajstić information content (AvgIpc) is 3.03. The van der Waals surface area contributed by atoms with E-state index in [1.54, 1.807) is 14.2 Å². The molecule has 6 heteroatoms. The number of ether oxygens (including phenoxy) is 2. The van der Waals surface area contributed by atoms with Gasteiger partial charge in [0.05, 0.1) is 25.6 Å². The highest BCUT2D eigenvalue weighted by Crippen LogP contribution is 2.48. The molecular formula is C36H28F2N2O2. The highest BCUT2D eigenvalue weighted by atomic mass is 19.2. The fraction of sp³-hybridized carbons (Fsp3) is 0.0556. The molecule has 42 heavy (non-hydrogen) atoms. The van der Waals surface area contributed by atoms with Gasteiger partial charge >= 0.3 is 0 Å². The lowest BCUT2D eigenvalue weighted by atomic mass is 10.0. The van der Waals surface area contributed by atoms with Crippen molar-refractivity contribution in [3.05, 3.63) is 145 Å². The van der Waals surface area contributed by atoms with Crippen LogP contribution in [0.2, 0.25) is 0 Å². The number of benzene rings is 6. The zero-order valence-corrected chi connectivity index (χ0v) is 23.2. The van der Waals surface area contributed by atoms with Gasteiger partial charge in [0, 0.05) is 34.9 Å². The average molecular weight is 559 g/mol. The van der Waals surface area contributed by atoms with Gasteiger partial charge in [-0.1, -0.05) is 48.5 Å². The summed E-state index contributed by atoms with van der Waals surface area (Å²) in [6.07, 6.45) is 0. The minimum atomic E-state index is -0.901. The summed E-state index contributed by atoms with van der Waals surface area (Å²) >= 11 is 0. The maximum Gasteiger partial charge on any atom is 0.159 e. The fourth-order valence-electron chi connectivity index (χ4n) is 5.14. The standard InChI is InChI=1S/C36H28F2N2O2/c1-41-31-17-9-15-29(23-31)39(27-11-5-3-6-12-27)35-21-25-19-33(37)34(38)20-26(25)22-36(35)40(28-13-7-4-8-14-28)30-16-10-18-32(24-30)42-2/h3-24H,1-2H3. The Hall–Kier alpha value is -5.36. The van der Waals surface area contributed by atoms with Crippen molar-refractivity contribution in [2.45, 2.75) is 0 Å². The van der Waals surface area contributed by atoms with Crippen LogP contribution in [0.5, 0.6) is 11.5 Å². The first-order valence-electron chi connectivity index (χ1n) is 13.5. The van der Waals surface area contributed by atoms with E-state index >= 15 is 0 Å². The molecule has 0 spiro atoms.